The normalized spacial score (nSPS) is 21.1. The molecule has 1 aromatic carbocycles. The number of hydrogen-bond acceptors (Lipinski definition) is 3. The van der Waals surface area contributed by atoms with Gasteiger partial charge in [-0.3, -0.25) is 9.69 Å². The SMILES string of the molecule is O=C(NCC(c1ccc(F)cc1)N1CCOCC1)C1CCC1. The first-order chi connectivity index (χ1) is 10.7. The summed E-state index contributed by atoms with van der Waals surface area (Å²) in [5, 5.41) is 3.08. The second-order valence-corrected chi connectivity index (χ2v) is 6.09. The smallest absolute Gasteiger partial charge is 0.223 e. The molecule has 0 radical (unpaired) electrons. The summed E-state index contributed by atoms with van der Waals surface area (Å²) in [5.74, 6) is 0.119. The molecule has 5 heteroatoms. The molecule has 1 saturated heterocycles. The molecule has 2 aliphatic rings. The summed E-state index contributed by atoms with van der Waals surface area (Å²) in [4.78, 5) is 14.4. The Morgan fingerprint density at radius 2 is 1.95 bits per heavy atom. The Balaban J connectivity index is 1.67. The van der Waals surface area contributed by atoms with Gasteiger partial charge in [0.25, 0.3) is 0 Å². The van der Waals surface area contributed by atoms with Crippen LogP contribution >= 0.6 is 0 Å². The molecule has 1 atom stereocenters. The van der Waals surface area contributed by atoms with Crippen molar-refractivity contribution in [2.75, 3.05) is 32.8 Å². The highest BCUT2D eigenvalue weighted by Gasteiger charge is 2.27. The van der Waals surface area contributed by atoms with Crippen molar-refractivity contribution in [2.24, 2.45) is 5.92 Å². The van der Waals surface area contributed by atoms with Crippen molar-refractivity contribution >= 4 is 5.91 Å². The average Bonchev–Trinajstić information content (AvgIpc) is 2.48. The molecule has 1 amide bonds. The Hall–Kier alpha value is -1.46. The fourth-order valence-electron chi connectivity index (χ4n) is 3.04. The van der Waals surface area contributed by atoms with Gasteiger partial charge in [-0.25, -0.2) is 4.39 Å². The van der Waals surface area contributed by atoms with E-state index in [1.807, 2.05) is 12.1 Å². The lowest BCUT2D eigenvalue weighted by Crippen LogP contribution is -2.45. The number of ether oxygens (including phenoxy) is 1. The highest BCUT2D eigenvalue weighted by atomic mass is 19.1. The minimum absolute atomic E-state index is 0.0773. The van der Waals surface area contributed by atoms with Gasteiger partial charge in [-0.1, -0.05) is 18.6 Å². The third-order valence-corrected chi connectivity index (χ3v) is 4.69. The monoisotopic (exact) mass is 306 g/mol. The summed E-state index contributed by atoms with van der Waals surface area (Å²) in [5.41, 5.74) is 1.04. The number of carbonyl (C=O) groups excluding carboxylic acids is 1. The van der Waals surface area contributed by atoms with Crippen LogP contribution in [0.25, 0.3) is 0 Å². The maximum Gasteiger partial charge on any atom is 0.223 e. The Morgan fingerprint density at radius 1 is 1.27 bits per heavy atom. The Morgan fingerprint density at radius 3 is 2.55 bits per heavy atom. The molecule has 4 nitrogen and oxygen atoms in total. The lowest BCUT2D eigenvalue weighted by atomic mass is 9.85. The van der Waals surface area contributed by atoms with Gasteiger partial charge in [0.1, 0.15) is 5.82 Å². The highest BCUT2D eigenvalue weighted by molar-refractivity contribution is 5.79. The summed E-state index contributed by atoms with van der Waals surface area (Å²) >= 11 is 0. The van der Waals surface area contributed by atoms with Crippen LogP contribution in [0.4, 0.5) is 4.39 Å². The van der Waals surface area contributed by atoms with Gasteiger partial charge in [0.2, 0.25) is 5.91 Å². The van der Waals surface area contributed by atoms with Crippen molar-refractivity contribution in [3.63, 3.8) is 0 Å². The fraction of sp³-hybridized carbons (Fsp3) is 0.588. The van der Waals surface area contributed by atoms with Gasteiger partial charge in [0.05, 0.1) is 19.3 Å². The van der Waals surface area contributed by atoms with Crippen LogP contribution in [0.5, 0.6) is 0 Å². The molecule has 1 unspecified atom stereocenters. The van der Waals surface area contributed by atoms with Gasteiger partial charge < -0.3 is 10.1 Å². The predicted molar refractivity (Wildman–Crippen MR) is 81.9 cm³/mol. The van der Waals surface area contributed by atoms with Crippen LogP contribution in [0.1, 0.15) is 30.9 Å². The minimum Gasteiger partial charge on any atom is -0.379 e. The molecule has 1 heterocycles. The van der Waals surface area contributed by atoms with Crippen molar-refractivity contribution in [3.05, 3.63) is 35.6 Å². The largest absolute Gasteiger partial charge is 0.379 e. The fourth-order valence-corrected chi connectivity index (χ4v) is 3.04. The van der Waals surface area contributed by atoms with Crippen LogP contribution in [0.3, 0.4) is 0 Å². The number of rotatable bonds is 5. The first-order valence-corrected chi connectivity index (χ1v) is 8.09. The number of nitrogens with zero attached hydrogens (tertiary/aromatic N) is 1. The van der Waals surface area contributed by atoms with E-state index in [1.54, 1.807) is 0 Å². The first kappa shape index (κ1) is 15.4. The van der Waals surface area contributed by atoms with Gasteiger partial charge in [0, 0.05) is 25.6 Å². The first-order valence-electron chi connectivity index (χ1n) is 8.09. The summed E-state index contributed by atoms with van der Waals surface area (Å²) in [6.07, 6.45) is 3.16. The molecular formula is C17H23FN2O2. The zero-order valence-corrected chi connectivity index (χ0v) is 12.8. The van der Waals surface area contributed by atoms with Crippen LogP contribution in [0.15, 0.2) is 24.3 Å². The van der Waals surface area contributed by atoms with Crippen molar-refractivity contribution in [1.29, 1.82) is 0 Å². The lowest BCUT2D eigenvalue weighted by molar-refractivity contribution is -0.127. The van der Waals surface area contributed by atoms with E-state index in [2.05, 4.69) is 10.2 Å². The quantitative estimate of drug-likeness (QED) is 0.906. The van der Waals surface area contributed by atoms with E-state index in [-0.39, 0.29) is 23.7 Å². The molecule has 2 fully saturated rings. The van der Waals surface area contributed by atoms with E-state index in [1.165, 1.54) is 12.1 Å². The number of carbonyl (C=O) groups is 1. The van der Waals surface area contributed by atoms with E-state index >= 15 is 0 Å². The van der Waals surface area contributed by atoms with E-state index in [0.29, 0.717) is 19.8 Å². The van der Waals surface area contributed by atoms with E-state index in [4.69, 9.17) is 4.74 Å². The zero-order chi connectivity index (χ0) is 15.4. The summed E-state index contributed by atoms with van der Waals surface area (Å²) in [6.45, 7) is 3.65. The molecule has 3 rings (SSSR count). The summed E-state index contributed by atoms with van der Waals surface area (Å²) < 4.78 is 18.6. The molecule has 1 N–H and O–H groups in total. The Kier molecular flexibility index (Phi) is 5.05. The average molecular weight is 306 g/mol. The van der Waals surface area contributed by atoms with Gasteiger partial charge in [-0.15, -0.1) is 0 Å². The van der Waals surface area contributed by atoms with Crippen LogP contribution in [-0.2, 0) is 9.53 Å². The molecule has 1 saturated carbocycles. The van der Waals surface area contributed by atoms with Gasteiger partial charge in [-0.05, 0) is 30.5 Å². The van der Waals surface area contributed by atoms with Crippen molar-refractivity contribution < 1.29 is 13.9 Å². The van der Waals surface area contributed by atoms with Gasteiger partial charge in [0.15, 0.2) is 0 Å². The molecule has 120 valence electrons. The topological polar surface area (TPSA) is 41.6 Å². The van der Waals surface area contributed by atoms with Crippen molar-refractivity contribution in [3.8, 4) is 0 Å². The zero-order valence-electron chi connectivity index (χ0n) is 12.8. The van der Waals surface area contributed by atoms with Crippen molar-refractivity contribution in [1.82, 2.24) is 10.2 Å². The van der Waals surface area contributed by atoms with E-state index < -0.39 is 0 Å². The van der Waals surface area contributed by atoms with Crippen LogP contribution in [0, 0.1) is 11.7 Å². The summed E-state index contributed by atoms with van der Waals surface area (Å²) in [6, 6.07) is 6.66. The number of amides is 1. The molecule has 1 aliphatic heterocycles. The lowest BCUT2D eigenvalue weighted by Gasteiger charge is -2.35. The number of nitrogens with one attached hydrogen (secondary N) is 1. The molecule has 22 heavy (non-hydrogen) atoms. The second-order valence-electron chi connectivity index (χ2n) is 6.09. The predicted octanol–water partition coefficient (Wildman–Crippen LogP) is 2.12. The van der Waals surface area contributed by atoms with Gasteiger partial charge >= 0.3 is 0 Å². The molecule has 0 aromatic heterocycles. The molecule has 0 bridgehead atoms. The molecular weight excluding hydrogens is 283 g/mol. The third kappa shape index (κ3) is 3.65. The number of benzene rings is 1. The highest BCUT2D eigenvalue weighted by Crippen LogP contribution is 2.27. The van der Waals surface area contributed by atoms with Crippen LogP contribution < -0.4 is 5.32 Å². The Labute approximate surface area is 130 Å². The van der Waals surface area contributed by atoms with E-state index in [0.717, 1.165) is 37.9 Å². The molecule has 1 aromatic rings. The standard InChI is InChI=1S/C17H23FN2O2/c18-15-6-4-13(5-7-15)16(20-8-10-22-11-9-20)12-19-17(21)14-2-1-3-14/h4-7,14,16H,1-3,8-12H2,(H,19,21). The number of hydrogen-bond donors (Lipinski definition) is 1. The second kappa shape index (κ2) is 7.20. The maximum absolute atomic E-state index is 13.2. The van der Waals surface area contributed by atoms with Crippen LogP contribution in [-0.4, -0.2) is 43.7 Å². The van der Waals surface area contributed by atoms with E-state index in [9.17, 15) is 9.18 Å². The van der Waals surface area contributed by atoms with Crippen LogP contribution in [0.2, 0.25) is 0 Å². The molecule has 1 aliphatic carbocycles. The van der Waals surface area contributed by atoms with Crippen molar-refractivity contribution in [2.45, 2.75) is 25.3 Å². The maximum atomic E-state index is 13.2. The number of morpholine rings is 1. The Bertz CT molecular complexity index is 496. The number of halogens is 1. The van der Waals surface area contributed by atoms with Gasteiger partial charge in [-0.2, -0.15) is 0 Å². The molecule has 0 spiro atoms. The minimum atomic E-state index is -0.233. The third-order valence-electron chi connectivity index (χ3n) is 4.69. The summed E-state index contributed by atoms with van der Waals surface area (Å²) in [7, 11) is 0.